The molecule has 0 unspecified atom stereocenters. The van der Waals surface area contributed by atoms with Gasteiger partial charge in [-0.2, -0.15) is 0 Å². The normalized spacial score (nSPS) is 26.9. The second kappa shape index (κ2) is 6.26. The summed E-state index contributed by atoms with van der Waals surface area (Å²) in [6, 6.07) is 4.71. The van der Waals surface area contributed by atoms with E-state index in [1.165, 1.54) is 25.0 Å². The highest BCUT2D eigenvalue weighted by Crippen LogP contribution is 2.46. The highest BCUT2D eigenvalue weighted by atomic mass is 35.5. The Morgan fingerprint density at radius 3 is 2.38 bits per heavy atom. The summed E-state index contributed by atoms with van der Waals surface area (Å²) in [7, 11) is 0. The van der Waals surface area contributed by atoms with E-state index >= 15 is 0 Å². The number of nitrogens with two attached hydrogens (primary N) is 1. The van der Waals surface area contributed by atoms with Crippen LogP contribution in [0.25, 0.3) is 0 Å². The summed E-state index contributed by atoms with van der Waals surface area (Å²) in [5, 5.41) is 0.528. The van der Waals surface area contributed by atoms with Crippen LogP contribution in [0.2, 0.25) is 5.02 Å². The van der Waals surface area contributed by atoms with Crippen LogP contribution in [0.1, 0.15) is 52.0 Å². The monoisotopic (exact) mass is 311 g/mol. The van der Waals surface area contributed by atoms with Gasteiger partial charge in [-0.3, -0.25) is 0 Å². The van der Waals surface area contributed by atoms with Crippen LogP contribution in [0.3, 0.4) is 0 Å². The van der Waals surface area contributed by atoms with E-state index in [4.69, 9.17) is 17.3 Å². The average Bonchev–Trinajstić information content (AvgIpc) is 2.41. The van der Waals surface area contributed by atoms with E-state index in [1.807, 2.05) is 6.07 Å². The van der Waals surface area contributed by atoms with Gasteiger partial charge in [0.05, 0.1) is 0 Å². The lowest BCUT2D eigenvalue weighted by Crippen LogP contribution is -2.39. The molecule has 1 nitrogen and oxygen atoms in total. The quantitative estimate of drug-likeness (QED) is 0.815. The van der Waals surface area contributed by atoms with Gasteiger partial charge in [0.25, 0.3) is 0 Å². The Bertz CT molecular complexity index is 484. The zero-order valence-corrected chi connectivity index (χ0v) is 14.1. The van der Waals surface area contributed by atoms with Gasteiger partial charge >= 0.3 is 0 Å². The van der Waals surface area contributed by atoms with E-state index in [0.29, 0.717) is 17.0 Å². The van der Waals surface area contributed by atoms with Crippen molar-refractivity contribution in [3.05, 3.63) is 34.6 Å². The molecule has 1 aromatic carbocycles. The van der Waals surface area contributed by atoms with Crippen molar-refractivity contribution >= 4 is 11.6 Å². The second-order valence-corrected chi connectivity index (χ2v) is 8.16. The lowest BCUT2D eigenvalue weighted by molar-refractivity contribution is 0.0926. The molecule has 0 spiro atoms. The third kappa shape index (κ3) is 3.98. The van der Waals surface area contributed by atoms with E-state index in [2.05, 4.69) is 20.8 Å². The molecular formula is C18H27ClFN. The molecule has 1 saturated carbocycles. The predicted molar refractivity (Wildman–Crippen MR) is 88.0 cm³/mol. The molecule has 1 aromatic rings. The Kier molecular flexibility index (Phi) is 4.99. The third-order valence-electron chi connectivity index (χ3n) is 5.28. The van der Waals surface area contributed by atoms with Gasteiger partial charge in [0.2, 0.25) is 0 Å². The first kappa shape index (κ1) is 16.8. The van der Waals surface area contributed by atoms with E-state index in [-0.39, 0.29) is 11.2 Å². The molecule has 1 aliphatic rings. The number of hydrogen-bond acceptors (Lipinski definition) is 1. The van der Waals surface area contributed by atoms with E-state index < -0.39 is 0 Å². The van der Waals surface area contributed by atoms with Gasteiger partial charge in [-0.15, -0.1) is 0 Å². The molecule has 0 aliphatic heterocycles. The lowest BCUT2D eigenvalue weighted by atomic mass is 9.62. The van der Waals surface area contributed by atoms with Gasteiger partial charge in [0, 0.05) is 5.02 Å². The molecular weight excluding hydrogens is 285 g/mol. The van der Waals surface area contributed by atoms with Gasteiger partial charge < -0.3 is 5.73 Å². The van der Waals surface area contributed by atoms with Crippen LogP contribution in [0.5, 0.6) is 0 Å². The highest BCUT2D eigenvalue weighted by molar-refractivity contribution is 6.31. The van der Waals surface area contributed by atoms with Crippen molar-refractivity contribution < 1.29 is 4.39 Å². The van der Waals surface area contributed by atoms with Crippen molar-refractivity contribution in [3.63, 3.8) is 0 Å². The summed E-state index contributed by atoms with van der Waals surface area (Å²) in [5.41, 5.74) is 7.63. The highest BCUT2D eigenvalue weighted by Gasteiger charge is 2.38. The lowest BCUT2D eigenvalue weighted by Gasteiger charge is -2.44. The summed E-state index contributed by atoms with van der Waals surface area (Å²) in [5.74, 6) is 0.489. The summed E-state index contributed by atoms with van der Waals surface area (Å²) >= 11 is 6.19. The molecule has 2 rings (SSSR count). The molecule has 1 aliphatic carbocycles. The Balaban J connectivity index is 2.10. The molecule has 1 fully saturated rings. The maximum atomic E-state index is 13.2. The van der Waals surface area contributed by atoms with Gasteiger partial charge in [-0.1, -0.05) is 38.4 Å². The molecule has 0 radical (unpaired) electrons. The van der Waals surface area contributed by atoms with Crippen molar-refractivity contribution in [2.75, 3.05) is 6.54 Å². The minimum atomic E-state index is -0.276. The van der Waals surface area contributed by atoms with Gasteiger partial charge in [0.15, 0.2) is 0 Å². The minimum Gasteiger partial charge on any atom is -0.330 e. The smallest absolute Gasteiger partial charge is 0.124 e. The van der Waals surface area contributed by atoms with Crippen LogP contribution >= 0.6 is 11.6 Å². The first-order valence-electron chi connectivity index (χ1n) is 7.90. The van der Waals surface area contributed by atoms with E-state index in [9.17, 15) is 4.39 Å². The first-order chi connectivity index (χ1) is 9.76. The molecule has 0 amide bonds. The Labute approximate surface area is 133 Å². The second-order valence-electron chi connectivity index (χ2n) is 7.76. The van der Waals surface area contributed by atoms with E-state index in [0.717, 1.165) is 30.7 Å². The maximum absolute atomic E-state index is 13.2. The van der Waals surface area contributed by atoms with Crippen LogP contribution < -0.4 is 5.73 Å². The van der Waals surface area contributed by atoms with Crippen LogP contribution in [0.15, 0.2) is 18.2 Å². The zero-order valence-electron chi connectivity index (χ0n) is 13.4. The van der Waals surface area contributed by atoms with Crippen LogP contribution in [-0.4, -0.2) is 6.54 Å². The zero-order chi connectivity index (χ0) is 15.7. The van der Waals surface area contributed by atoms with Crippen molar-refractivity contribution in [2.24, 2.45) is 22.5 Å². The average molecular weight is 312 g/mol. The Morgan fingerprint density at radius 1 is 1.29 bits per heavy atom. The van der Waals surface area contributed by atoms with E-state index in [1.54, 1.807) is 0 Å². The predicted octanol–water partition coefficient (Wildman–Crippen LogP) is 5.20. The summed E-state index contributed by atoms with van der Waals surface area (Å²) in [4.78, 5) is 0. The van der Waals surface area contributed by atoms with Crippen LogP contribution in [0.4, 0.5) is 4.39 Å². The minimum absolute atomic E-state index is 0.128. The van der Waals surface area contributed by atoms with Crippen molar-refractivity contribution in [2.45, 2.75) is 52.9 Å². The van der Waals surface area contributed by atoms with Gasteiger partial charge in [-0.25, -0.2) is 4.39 Å². The summed E-state index contributed by atoms with van der Waals surface area (Å²) in [6.45, 7) is 7.65. The number of benzene rings is 1. The first-order valence-corrected chi connectivity index (χ1v) is 8.28. The standard InChI is InChI=1S/C18H27ClFN/c1-17(2,3)14-6-8-18(12-21,9-7-14)11-13-4-5-15(20)10-16(13)19/h4-5,10,14H,6-9,11-12,21H2,1-3H3. The Hall–Kier alpha value is -0.600. The molecule has 3 heteroatoms. The molecule has 21 heavy (non-hydrogen) atoms. The molecule has 0 heterocycles. The van der Waals surface area contributed by atoms with Gasteiger partial charge in [0.1, 0.15) is 5.82 Å². The third-order valence-corrected chi connectivity index (χ3v) is 5.64. The molecule has 0 aromatic heterocycles. The number of rotatable bonds is 3. The largest absolute Gasteiger partial charge is 0.330 e. The fourth-order valence-electron chi connectivity index (χ4n) is 3.62. The molecule has 0 bridgehead atoms. The summed E-state index contributed by atoms with van der Waals surface area (Å²) in [6.07, 6.45) is 5.58. The fraction of sp³-hybridized carbons (Fsp3) is 0.667. The topological polar surface area (TPSA) is 26.0 Å². The molecule has 118 valence electrons. The molecule has 2 N–H and O–H groups in total. The fourth-order valence-corrected chi connectivity index (χ4v) is 3.85. The maximum Gasteiger partial charge on any atom is 0.124 e. The SMILES string of the molecule is CC(C)(C)C1CCC(CN)(Cc2ccc(F)cc2Cl)CC1. The van der Waals surface area contributed by atoms with Crippen molar-refractivity contribution in [1.82, 2.24) is 0 Å². The number of halogens is 2. The molecule has 0 saturated heterocycles. The van der Waals surface area contributed by atoms with Crippen molar-refractivity contribution in [1.29, 1.82) is 0 Å². The number of hydrogen-bond donors (Lipinski definition) is 1. The summed E-state index contributed by atoms with van der Waals surface area (Å²) < 4.78 is 13.2. The molecule has 0 atom stereocenters. The van der Waals surface area contributed by atoms with Crippen molar-refractivity contribution in [3.8, 4) is 0 Å². The van der Waals surface area contributed by atoms with Crippen LogP contribution in [-0.2, 0) is 6.42 Å². The van der Waals surface area contributed by atoms with Gasteiger partial charge in [-0.05, 0) is 73.1 Å². The van der Waals surface area contributed by atoms with Crippen LogP contribution in [0, 0.1) is 22.6 Å². The Morgan fingerprint density at radius 2 is 1.90 bits per heavy atom.